The molecule has 0 atom stereocenters. The number of hydrogen-bond acceptors (Lipinski definition) is 4. The van der Waals surface area contributed by atoms with Gasteiger partial charge < -0.3 is 5.73 Å². The van der Waals surface area contributed by atoms with E-state index >= 15 is 0 Å². The molecule has 2 aromatic rings. The third kappa shape index (κ3) is 5.16. The van der Waals surface area contributed by atoms with Crippen LogP contribution in [0, 0.1) is 11.3 Å². The molecule has 4 heteroatoms. The van der Waals surface area contributed by atoms with E-state index in [1.54, 1.807) is 36.7 Å². The molecule has 0 aliphatic carbocycles. The Morgan fingerprint density at radius 3 is 2.50 bits per heavy atom. The summed E-state index contributed by atoms with van der Waals surface area (Å²) in [5, 5.41) is 9.00. The second-order valence-electron chi connectivity index (χ2n) is 4.44. The SMILES string of the molecule is C=C/C=C(C#N)\C=C/C(=C)c1cccnc1-c1ccccn1.CN. The second kappa shape index (κ2) is 10.4. The van der Waals surface area contributed by atoms with Crippen molar-refractivity contribution < 1.29 is 0 Å². The molecular weight excluding hydrogens is 296 g/mol. The van der Waals surface area contributed by atoms with Crippen molar-refractivity contribution in [2.24, 2.45) is 5.73 Å². The highest BCUT2D eigenvalue weighted by Crippen LogP contribution is 2.25. The summed E-state index contributed by atoms with van der Waals surface area (Å²) in [7, 11) is 1.50. The molecule has 0 saturated heterocycles. The third-order valence-electron chi connectivity index (χ3n) is 2.95. The van der Waals surface area contributed by atoms with Crippen molar-refractivity contribution in [3.63, 3.8) is 0 Å². The topological polar surface area (TPSA) is 75.6 Å². The van der Waals surface area contributed by atoms with Crippen molar-refractivity contribution in [3.8, 4) is 17.5 Å². The van der Waals surface area contributed by atoms with Crippen LogP contribution in [0.4, 0.5) is 0 Å². The summed E-state index contributed by atoms with van der Waals surface area (Å²) in [6.45, 7) is 7.65. The number of nitriles is 1. The lowest BCUT2D eigenvalue weighted by molar-refractivity contribution is 1.24. The molecule has 2 N–H and O–H groups in total. The predicted molar refractivity (Wildman–Crippen MR) is 99.6 cm³/mol. The molecule has 0 unspecified atom stereocenters. The number of pyridine rings is 2. The summed E-state index contributed by atoms with van der Waals surface area (Å²) in [6.07, 6.45) is 10.2. The van der Waals surface area contributed by atoms with Gasteiger partial charge in [0.15, 0.2) is 0 Å². The molecule has 120 valence electrons. The Hall–Kier alpha value is -3.29. The lowest BCUT2D eigenvalue weighted by Crippen LogP contribution is -1.92. The van der Waals surface area contributed by atoms with E-state index in [-0.39, 0.29) is 0 Å². The molecule has 0 spiro atoms. The van der Waals surface area contributed by atoms with Crippen LogP contribution in [0.2, 0.25) is 0 Å². The largest absolute Gasteiger partial charge is 0.333 e. The van der Waals surface area contributed by atoms with Crippen LogP contribution in [0.5, 0.6) is 0 Å². The number of hydrogen-bond donors (Lipinski definition) is 1. The summed E-state index contributed by atoms with van der Waals surface area (Å²) in [6, 6.07) is 11.6. The first-order chi connectivity index (χ1) is 11.8. The smallest absolute Gasteiger partial charge is 0.0991 e. The first-order valence-corrected chi connectivity index (χ1v) is 7.30. The lowest BCUT2D eigenvalue weighted by atomic mass is 10.0. The number of allylic oxidation sites excluding steroid dienone is 6. The van der Waals surface area contributed by atoms with E-state index in [0.717, 1.165) is 22.5 Å². The van der Waals surface area contributed by atoms with Crippen molar-refractivity contribution in [2.45, 2.75) is 0 Å². The first kappa shape index (κ1) is 18.8. The minimum Gasteiger partial charge on any atom is -0.333 e. The van der Waals surface area contributed by atoms with Gasteiger partial charge in [-0.25, -0.2) is 0 Å². The van der Waals surface area contributed by atoms with Gasteiger partial charge in [-0.1, -0.05) is 37.4 Å². The summed E-state index contributed by atoms with van der Waals surface area (Å²) >= 11 is 0. The molecule has 2 heterocycles. The van der Waals surface area contributed by atoms with Crippen LogP contribution in [0.1, 0.15) is 5.56 Å². The molecule has 0 amide bonds. The van der Waals surface area contributed by atoms with Gasteiger partial charge in [0.25, 0.3) is 0 Å². The minimum absolute atomic E-state index is 0.513. The molecule has 0 saturated carbocycles. The molecular formula is C20H20N4. The van der Waals surface area contributed by atoms with E-state index in [9.17, 15) is 0 Å². The van der Waals surface area contributed by atoms with Crippen LogP contribution in [0.15, 0.2) is 85.8 Å². The number of aromatic nitrogens is 2. The fraction of sp³-hybridized carbons (Fsp3) is 0.0500. The number of nitrogens with zero attached hydrogens (tertiary/aromatic N) is 3. The van der Waals surface area contributed by atoms with E-state index in [0.29, 0.717) is 5.57 Å². The van der Waals surface area contributed by atoms with Gasteiger partial charge in [-0.3, -0.25) is 9.97 Å². The Bertz CT molecular complexity index is 781. The average molecular weight is 316 g/mol. The van der Waals surface area contributed by atoms with Gasteiger partial charge in [-0.05, 0) is 43.0 Å². The zero-order valence-electron chi connectivity index (χ0n) is 13.7. The van der Waals surface area contributed by atoms with E-state index in [1.807, 2.05) is 30.3 Å². The number of nitrogens with two attached hydrogens (primary N) is 1. The number of rotatable bonds is 5. The van der Waals surface area contributed by atoms with Gasteiger partial charge >= 0.3 is 0 Å². The van der Waals surface area contributed by atoms with Crippen LogP contribution in [0.25, 0.3) is 17.0 Å². The van der Waals surface area contributed by atoms with Crippen molar-refractivity contribution in [3.05, 3.63) is 91.3 Å². The maximum atomic E-state index is 9.00. The molecule has 0 radical (unpaired) electrons. The normalized spacial score (nSPS) is 10.5. The molecule has 24 heavy (non-hydrogen) atoms. The van der Waals surface area contributed by atoms with Gasteiger partial charge in [0.05, 0.1) is 23.0 Å². The third-order valence-corrected chi connectivity index (χ3v) is 2.95. The molecule has 0 aromatic carbocycles. The Morgan fingerprint density at radius 1 is 1.12 bits per heavy atom. The zero-order chi connectivity index (χ0) is 17.8. The second-order valence-corrected chi connectivity index (χ2v) is 4.44. The molecule has 2 rings (SSSR count). The van der Waals surface area contributed by atoms with Crippen molar-refractivity contribution in [1.29, 1.82) is 5.26 Å². The molecule has 0 aliphatic heterocycles. The summed E-state index contributed by atoms with van der Waals surface area (Å²) in [4.78, 5) is 8.73. The van der Waals surface area contributed by atoms with Gasteiger partial charge in [-0.15, -0.1) is 0 Å². The monoisotopic (exact) mass is 316 g/mol. The summed E-state index contributed by atoms with van der Waals surface area (Å²) in [5.41, 5.74) is 8.21. The van der Waals surface area contributed by atoms with Crippen LogP contribution >= 0.6 is 0 Å². The lowest BCUT2D eigenvalue weighted by Gasteiger charge is -2.07. The Labute approximate surface area is 143 Å². The Balaban J connectivity index is 0.00000139. The maximum Gasteiger partial charge on any atom is 0.0991 e. The fourth-order valence-corrected chi connectivity index (χ4v) is 1.91. The van der Waals surface area contributed by atoms with E-state index in [2.05, 4.69) is 34.9 Å². The quantitative estimate of drug-likeness (QED) is 0.670. The van der Waals surface area contributed by atoms with Crippen molar-refractivity contribution >= 4 is 5.57 Å². The van der Waals surface area contributed by atoms with Crippen LogP contribution in [-0.2, 0) is 0 Å². The average Bonchev–Trinajstić information content (AvgIpc) is 2.67. The Morgan fingerprint density at radius 2 is 1.88 bits per heavy atom. The summed E-state index contributed by atoms with van der Waals surface area (Å²) < 4.78 is 0. The molecule has 2 aromatic heterocycles. The molecule has 4 nitrogen and oxygen atoms in total. The molecule has 0 fully saturated rings. The van der Waals surface area contributed by atoms with E-state index in [1.165, 1.54) is 7.05 Å². The molecule has 0 aliphatic rings. The first-order valence-electron chi connectivity index (χ1n) is 7.30. The van der Waals surface area contributed by atoms with Crippen molar-refractivity contribution in [2.75, 3.05) is 7.05 Å². The van der Waals surface area contributed by atoms with Gasteiger partial charge in [0.2, 0.25) is 0 Å². The Kier molecular flexibility index (Phi) is 8.16. The standard InChI is InChI=1S/C19H15N3.CH5N/c1-3-7-16(14-20)11-10-15(2)17-8-6-13-22-19(17)18-9-4-5-12-21-18;1-2/h3-13H,1-2H2;2H2,1H3/b11-10-,16-7+;. The summed E-state index contributed by atoms with van der Waals surface area (Å²) in [5.74, 6) is 0. The molecule has 0 bridgehead atoms. The predicted octanol–water partition coefficient (Wildman–Crippen LogP) is 3.92. The zero-order valence-corrected chi connectivity index (χ0v) is 13.7. The van der Waals surface area contributed by atoms with Gasteiger partial charge in [0, 0.05) is 18.0 Å². The van der Waals surface area contributed by atoms with Crippen LogP contribution in [0.3, 0.4) is 0 Å². The van der Waals surface area contributed by atoms with Crippen LogP contribution < -0.4 is 5.73 Å². The van der Waals surface area contributed by atoms with Crippen LogP contribution in [-0.4, -0.2) is 17.0 Å². The van der Waals surface area contributed by atoms with Gasteiger partial charge in [0.1, 0.15) is 0 Å². The van der Waals surface area contributed by atoms with Gasteiger partial charge in [-0.2, -0.15) is 5.26 Å². The maximum absolute atomic E-state index is 9.00. The minimum atomic E-state index is 0.513. The van der Waals surface area contributed by atoms with E-state index in [4.69, 9.17) is 5.26 Å². The fourth-order valence-electron chi connectivity index (χ4n) is 1.91. The van der Waals surface area contributed by atoms with E-state index < -0.39 is 0 Å². The highest BCUT2D eigenvalue weighted by Gasteiger charge is 2.08. The van der Waals surface area contributed by atoms with Crippen molar-refractivity contribution in [1.82, 2.24) is 9.97 Å². The highest BCUT2D eigenvalue weighted by atomic mass is 14.8. The highest BCUT2D eigenvalue weighted by molar-refractivity contribution is 5.81.